The van der Waals surface area contributed by atoms with E-state index < -0.39 is 12.1 Å². The van der Waals surface area contributed by atoms with Crippen LogP contribution in [-0.2, 0) is 9.53 Å². The number of rotatable bonds is 7. The second kappa shape index (κ2) is 7.57. The van der Waals surface area contributed by atoms with Crippen molar-refractivity contribution in [3.05, 3.63) is 41.8 Å². The first-order valence-corrected chi connectivity index (χ1v) is 7.33. The van der Waals surface area contributed by atoms with E-state index in [1.54, 1.807) is 12.1 Å². The SMILES string of the molecule is CCCCCCC1OC(=O)C(N=Nc2ccccc2)=C1O. The number of hydrogen-bond donors (Lipinski definition) is 1. The Morgan fingerprint density at radius 3 is 2.62 bits per heavy atom. The molecule has 1 heterocycles. The number of nitrogens with zero attached hydrogens (tertiary/aromatic N) is 2. The quantitative estimate of drug-likeness (QED) is 0.458. The molecule has 0 amide bonds. The van der Waals surface area contributed by atoms with Gasteiger partial charge in [0.15, 0.2) is 11.9 Å². The molecule has 2 rings (SSSR count). The Kier molecular flexibility index (Phi) is 5.49. The van der Waals surface area contributed by atoms with Gasteiger partial charge >= 0.3 is 5.97 Å². The lowest BCUT2D eigenvalue weighted by atomic mass is 10.1. The Balaban J connectivity index is 1.99. The molecular formula is C16H20N2O3. The molecule has 0 saturated carbocycles. The van der Waals surface area contributed by atoms with Crippen molar-refractivity contribution in [2.24, 2.45) is 10.2 Å². The maximum atomic E-state index is 11.7. The zero-order valence-corrected chi connectivity index (χ0v) is 12.2. The maximum absolute atomic E-state index is 11.7. The van der Waals surface area contributed by atoms with Crippen LogP contribution in [0.1, 0.15) is 39.0 Å². The number of esters is 1. The summed E-state index contributed by atoms with van der Waals surface area (Å²) in [7, 11) is 0. The summed E-state index contributed by atoms with van der Waals surface area (Å²) in [5.41, 5.74) is 0.538. The minimum absolute atomic E-state index is 0.0839. The van der Waals surface area contributed by atoms with E-state index in [1.807, 2.05) is 18.2 Å². The molecule has 1 atom stereocenters. The van der Waals surface area contributed by atoms with Crippen molar-refractivity contribution in [3.8, 4) is 0 Å². The largest absolute Gasteiger partial charge is 0.506 e. The van der Waals surface area contributed by atoms with E-state index >= 15 is 0 Å². The van der Waals surface area contributed by atoms with Crippen LogP contribution >= 0.6 is 0 Å². The third kappa shape index (κ3) is 4.15. The third-order valence-electron chi connectivity index (χ3n) is 3.33. The zero-order valence-electron chi connectivity index (χ0n) is 12.2. The van der Waals surface area contributed by atoms with Gasteiger partial charge < -0.3 is 9.84 Å². The Hall–Kier alpha value is -2.17. The number of hydrogen-bond acceptors (Lipinski definition) is 5. The summed E-state index contributed by atoms with van der Waals surface area (Å²) in [6, 6.07) is 9.05. The fraction of sp³-hybridized carbons (Fsp3) is 0.438. The van der Waals surface area contributed by atoms with Gasteiger partial charge in [0.2, 0.25) is 5.70 Å². The number of carbonyl (C=O) groups excluding carboxylic acids is 1. The van der Waals surface area contributed by atoms with Crippen LogP contribution in [0.2, 0.25) is 0 Å². The smallest absolute Gasteiger partial charge is 0.363 e. The Morgan fingerprint density at radius 2 is 1.90 bits per heavy atom. The van der Waals surface area contributed by atoms with Crippen molar-refractivity contribution in [2.75, 3.05) is 0 Å². The van der Waals surface area contributed by atoms with Gasteiger partial charge in [-0.05, 0) is 25.0 Å². The molecule has 0 saturated heterocycles. The molecular weight excluding hydrogens is 268 g/mol. The van der Waals surface area contributed by atoms with Crippen molar-refractivity contribution in [3.63, 3.8) is 0 Å². The molecule has 5 heteroatoms. The van der Waals surface area contributed by atoms with Gasteiger partial charge in [0.05, 0.1) is 5.69 Å². The fourth-order valence-corrected chi connectivity index (χ4v) is 2.14. The first-order chi connectivity index (χ1) is 10.2. The van der Waals surface area contributed by atoms with Crippen LogP contribution in [0.3, 0.4) is 0 Å². The number of carbonyl (C=O) groups is 1. The molecule has 1 aliphatic rings. The van der Waals surface area contributed by atoms with Gasteiger partial charge in [-0.15, -0.1) is 5.11 Å². The minimum Gasteiger partial charge on any atom is -0.506 e. The zero-order chi connectivity index (χ0) is 15.1. The number of ether oxygens (including phenoxy) is 1. The topological polar surface area (TPSA) is 71.2 Å². The normalized spacial score (nSPS) is 18.5. The minimum atomic E-state index is -0.604. The van der Waals surface area contributed by atoms with Gasteiger partial charge in [-0.3, -0.25) is 0 Å². The lowest BCUT2D eigenvalue weighted by Crippen LogP contribution is -2.11. The van der Waals surface area contributed by atoms with E-state index in [2.05, 4.69) is 17.2 Å². The van der Waals surface area contributed by atoms with Crippen LogP contribution in [0, 0.1) is 0 Å². The number of aliphatic hydroxyl groups is 1. The highest BCUT2D eigenvalue weighted by atomic mass is 16.6. The summed E-state index contributed by atoms with van der Waals surface area (Å²) in [5.74, 6) is -0.705. The molecule has 0 aromatic heterocycles. The Labute approximate surface area is 124 Å². The van der Waals surface area contributed by atoms with Gasteiger partial charge in [0.25, 0.3) is 0 Å². The van der Waals surface area contributed by atoms with Crippen LogP contribution in [0.4, 0.5) is 5.69 Å². The first-order valence-electron chi connectivity index (χ1n) is 7.33. The van der Waals surface area contributed by atoms with E-state index in [9.17, 15) is 9.90 Å². The van der Waals surface area contributed by atoms with E-state index in [-0.39, 0.29) is 11.5 Å². The van der Waals surface area contributed by atoms with E-state index in [4.69, 9.17) is 4.74 Å². The number of benzene rings is 1. The van der Waals surface area contributed by atoms with Crippen molar-refractivity contribution >= 4 is 11.7 Å². The highest BCUT2D eigenvalue weighted by Gasteiger charge is 2.34. The summed E-state index contributed by atoms with van der Waals surface area (Å²) in [5, 5.41) is 17.8. The van der Waals surface area contributed by atoms with Crippen LogP contribution in [0.25, 0.3) is 0 Å². The average Bonchev–Trinajstić information content (AvgIpc) is 2.77. The lowest BCUT2D eigenvalue weighted by Gasteiger charge is -2.08. The number of aliphatic hydroxyl groups excluding tert-OH is 1. The van der Waals surface area contributed by atoms with E-state index in [0.717, 1.165) is 25.7 Å². The molecule has 1 N–H and O–H groups in total. The van der Waals surface area contributed by atoms with Crippen LogP contribution < -0.4 is 0 Å². The third-order valence-corrected chi connectivity index (χ3v) is 3.33. The van der Waals surface area contributed by atoms with Crippen LogP contribution in [-0.4, -0.2) is 17.2 Å². The van der Waals surface area contributed by atoms with Crippen molar-refractivity contribution in [2.45, 2.75) is 45.1 Å². The Bertz CT molecular complexity index is 538. The molecule has 21 heavy (non-hydrogen) atoms. The summed E-state index contributed by atoms with van der Waals surface area (Å²) in [6.45, 7) is 2.13. The molecule has 1 unspecified atom stereocenters. The molecule has 1 aromatic carbocycles. The summed E-state index contributed by atoms with van der Waals surface area (Å²) in [6.07, 6.45) is 4.33. The first kappa shape index (κ1) is 15.2. The second-order valence-electron chi connectivity index (χ2n) is 5.01. The predicted octanol–water partition coefficient (Wildman–Crippen LogP) is 4.44. The van der Waals surface area contributed by atoms with E-state index in [0.29, 0.717) is 12.1 Å². The molecule has 0 fully saturated rings. The highest BCUT2D eigenvalue weighted by Crippen LogP contribution is 2.27. The van der Waals surface area contributed by atoms with Crippen molar-refractivity contribution in [1.82, 2.24) is 0 Å². The van der Waals surface area contributed by atoms with E-state index in [1.165, 1.54) is 0 Å². The number of unbranched alkanes of at least 4 members (excludes halogenated alkanes) is 3. The summed E-state index contributed by atoms with van der Waals surface area (Å²) >= 11 is 0. The lowest BCUT2D eigenvalue weighted by molar-refractivity contribution is -0.140. The van der Waals surface area contributed by atoms with Gasteiger partial charge in [-0.2, -0.15) is 5.11 Å². The number of azo groups is 1. The fourth-order valence-electron chi connectivity index (χ4n) is 2.14. The summed E-state index contributed by atoms with van der Waals surface area (Å²) in [4.78, 5) is 11.7. The van der Waals surface area contributed by atoms with Crippen molar-refractivity contribution < 1.29 is 14.6 Å². The second-order valence-corrected chi connectivity index (χ2v) is 5.01. The van der Waals surface area contributed by atoms with Crippen LogP contribution in [0.15, 0.2) is 52.0 Å². The molecule has 0 radical (unpaired) electrons. The molecule has 1 aromatic rings. The molecule has 5 nitrogen and oxygen atoms in total. The molecule has 0 spiro atoms. The average molecular weight is 288 g/mol. The van der Waals surface area contributed by atoms with Crippen molar-refractivity contribution in [1.29, 1.82) is 0 Å². The predicted molar refractivity (Wildman–Crippen MR) is 79.3 cm³/mol. The van der Waals surface area contributed by atoms with Crippen LogP contribution in [0.5, 0.6) is 0 Å². The van der Waals surface area contributed by atoms with Gasteiger partial charge in [0.1, 0.15) is 0 Å². The van der Waals surface area contributed by atoms with Gasteiger partial charge in [0, 0.05) is 0 Å². The monoisotopic (exact) mass is 288 g/mol. The van der Waals surface area contributed by atoms with Gasteiger partial charge in [-0.1, -0.05) is 44.4 Å². The molecule has 0 bridgehead atoms. The van der Waals surface area contributed by atoms with Gasteiger partial charge in [-0.25, -0.2) is 4.79 Å². The molecule has 112 valence electrons. The summed E-state index contributed by atoms with van der Waals surface area (Å²) < 4.78 is 5.14. The maximum Gasteiger partial charge on any atom is 0.363 e. The Morgan fingerprint density at radius 1 is 1.14 bits per heavy atom. The highest BCUT2D eigenvalue weighted by molar-refractivity contribution is 5.91. The number of cyclic esters (lactones) is 1. The molecule has 0 aliphatic carbocycles. The standard InChI is InChI=1S/C16H20N2O3/c1-2-3-4-8-11-13-15(19)14(16(20)21-13)18-17-12-9-6-5-7-10-12/h5-7,9-10,13,19H,2-4,8,11H2,1H3. The molecule has 1 aliphatic heterocycles.